The molecule has 3 rings (SSSR count). The van der Waals surface area contributed by atoms with E-state index in [2.05, 4.69) is 69.6 Å². The largest absolute Gasteiger partial charge is 0.426 e. The minimum absolute atomic E-state index is 0.0413. The van der Waals surface area contributed by atoms with Gasteiger partial charge in [0.25, 0.3) is 0 Å². The highest BCUT2D eigenvalue weighted by Gasteiger charge is 2.43. The predicted octanol–water partition coefficient (Wildman–Crippen LogP) is 4.42. The van der Waals surface area contributed by atoms with E-state index in [1.165, 1.54) is 11.1 Å². The van der Waals surface area contributed by atoms with Crippen LogP contribution in [0.4, 0.5) is 0 Å². The second-order valence-electron chi connectivity index (χ2n) is 6.22. The van der Waals surface area contributed by atoms with Crippen LogP contribution in [0, 0.1) is 7.05 Å². The van der Waals surface area contributed by atoms with E-state index in [0.29, 0.717) is 10.5 Å². The summed E-state index contributed by atoms with van der Waals surface area (Å²) < 4.78 is 6.91. The Bertz CT molecular complexity index is 633. The van der Waals surface area contributed by atoms with Gasteiger partial charge in [-0.1, -0.05) is 66.7 Å². The highest BCUT2D eigenvalue weighted by Crippen LogP contribution is 2.39. The number of hydrogen-bond donors (Lipinski definition) is 0. The van der Waals surface area contributed by atoms with Gasteiger partial charge in [-0.25, -0.2) is 0 Å². The van der Waals surface area contributed by atoms with Crippen LogP contribution < -0.4 is 0 Å². The molecule has 1 aliphatic heterocycles. The lowest BCUT2D eigenvalue weighted by atomic mass is 10.0. The summed E-state index contributed by atoms with van der Waals surface area (Å²) in [5, 5.41) is 0. The molecule has 2 aromatic carbocycles. The molecule has 0 radical (unpaired) electrons. The van der Waals surface area contributed by atoms with Crippen LogP contribution in [0.5, 0.6) is 0 Å². The van der Waals surface area contributed by atoms with Gasteiger partial charge in [-0.05, 0) is 18.1 Å². The first-order valence-corrected chi connectivity index (χ1v) is 7.73. The maximum atomic E-state index is 6.32. The maximum Gasteiger partial charge on any atom is 0.190 e. The van der Waals surface area contributed by atoms with Crippen molar-refractivity contribution in [1.82, 2.24) is 0 Å². The van der Waals surface area contributed by atoms with E-state index >= 15 is 0 Å². The quantitative estimate of drug-likeness (QED) is 0.601. The van der Waals surface area contributed by atoms with Crippen LogP contribution in [0.3, 0.4) is 0 Å². The van der Waals surface area contributed by atoms with E-state index in [9.17, 15) is 0 Å². The zero-order valence-corrected chi connectivity index (χ0v) is 13.2. The molecule has 0 aromatic heterocycles. The molecule has 1 aliphatic rings. The van der Waals surface area contributed by atoms with E-state index in [0.717, 1.165) is 0 Å². The Hall–Kier alpha value is -1.90. The Morgan fingerprint density at radius 1 is 1.00 bits per heavy atom. The lowest BCUT2D eigenvalue weighted by molar-refractivity contribution is -0.904. The average Bonchev–Trinajstić information content (AvgIpc) is 2.78. The van der Waals surface area contributed by atoms with Crippen molar-refractivity contribution >= 4 is 6.08 Å². The topological polar surface area (TPSA) is 9.23 Å². The van der Waals surface area contributed by atoms with E-state index < -0.39 is 0 Å². The van der Waals surface area contributed by atoms with Crippen molar-refractivity contribution < 1.29 is 9.22 Å². The van der Waals surface area contributed by atoms with Gasteiger partial charge in [0.05, 0.1) is 6.04 Å². The van der Waals surface area contributed by atoms with E-state index in [1.807, 2.05) is 24.3 Å². The average molecular weight is 293 g/mol. The molecule has 2 heteroatoms. The Morgan fingerprint density at radius 3 is 2.23 bits per heavy atom. The summed E-state index contributed by atoms with van der Waals surface area (Å²) in [5.74, 6) is 0. The van der Waals surface area contributed by atoms with Crippen LogP contribution in [0.25, 0.3) is 6.08 Å². The summed E-state index contributed by atoms with van der Waals surface area (Å²) in [6.45, 7) is 2.21. The molecule has 1 heterocycles. The minimum atomic E-state index is -0.0413. The molecule has 0 aliphatic carbocycles. The van der Waals surface area contributed by atoms with Crippen molar-refractivity contribution in [2.45, 2.75) is 25.3 Å². The highest BCUT2D eigenvalue weighted by atomic mass is 16.5. The van der Waals surface area contributed by atoms with Crippen LogP contribution in [0.15, 0.2) is 66.7 Å². The number of rotatable bonds is 3. The Labute approximate surface area is 133 Å². The normalized spacial score (nSPS) is 31.7. The standard InChI is InChI=1S/C20H23NO/c1-16-20(18-12-8-5-9-13-18)22-19(21(16,2)3)15-14-17-10-6-4-7-11-17/h4-16,19-20H,2H2,1,3H3/b15-14+/t16-,19-,20+,21?/m1/s1. The summed E-state index contributed by atoms with van der Waals surface area (Å²) in [5.41, 5.74) is 2.40. The number of benzene rings is 2. The molecule has 22 heavy (non-hydrogen) atoms. The summed E-state index contributed by atoms with van der Waals surface area (Å²) >= 11 is 0. The third kappa shape index (κ3) is 2.85. The monoisotopic (exact) mass is 293 g/mol. The fraction of sp³-hybridized carbons (Fsp3) is 0.250. The minimum Gasteiger partial charge on any atom is -0.426 e. The van der Waals surface area contributed by atoms with Crippen molar-refractivity contribution in [2.24, 2.45) is 0 Å². The molecule has 114 valence electrons. The summed E-state index contributed by atoms with van der Waals surface area (Å²) in [7, 11) is 6.51. The van der Waals surface area contributed by atoms with Crippen LogP contribution in [-0.4, -0.2) is 23.8 Å². The lowest BCUT2D eigenvalue weighted by Gasteiger charge is -2.40. The molecule has 0 spiro atoms. The molecule has 2 aromatic rings. The van der Waals surface area contributed by atoms with Crippen molar-refractivity contribution in [3.8, 4) is 0 Å². The first kappa shape index (κ1) is 15.0. The van der Waals surface area contributed by atoms with Crippen LogP contribution in [-0.2, 0) is 4.74 Å². The Morgan fingerprint density at radius 2 is 1.59 bits per heavy atom. The van der Waals surface area contributed by atoms with Gasteiger partial charge in [0.15, 0.2) is 6.23 Å². The molecule has 0 N–H and O–H groups in total. The van der Waals surface area contributed by atoms with Crippen LogP contribution >= 0.6 is 0 Å². The smallest absolute Gasteiger partial charge is 0.190 e. The Balaban J connectivity index is 1.82. The SMILES string of the molecule is [CH2-][N+]1(C)[C@H](C)[C@@H](c2ccccc2)O[C@@H]1/C=C/c1ccccc1. The van der Waals surface area contributed by atoms with E-state index in [4.69, 9.17) is 4.74 Å². The first-order chi connectivity index (χ1) is 10.6. The van der Waals surface area contributed by atoms with Gasteiger partial charge in [-0.2, -0.15) is 0 Å². The number of hydrogen-bond acceptors (Lipinski definition) is 1. The second kappa shape index (κ2) is 6.07. The first-order valence-electron chi connectivity index (χ1n) is 7.73. The van der Waals surface area contributed by atoms with Crippen molar-refractivity contribution in [2.75, 3.05) is 7.05 Å². The number of nitrogens with zero attached hydrogens (tertiary/aromatic N) is 1. The zero-order valence-electron chi connectivity index (χ0n) is 13.2. The van der Waals surface area contributed by atoms with Gasteiger partial charge in [0.1, 0.15) is 6.10 Å². The van der Waals surface area contributed by atoms with Gasteiger partial charge in [-0.3, -0.25) is 0 Å². The molecule has 1 saturated heterocycles. The van der Waals surface area contributed by atoms with Gasteiger partial charge in [-0.15, -0.1) is 7.05 Å². The lowest BCUT2D eigenvalue weighted by Crippen LogP contribution is -2.46. The van der Waals surface area contributed by atoms with Crippen molar-refractivity contribution in [3.63, 3.8) is 0 Å². The number of ether oxygens (including phenoxy) is 1. The molecule has 2 nitrogen and oxygen atoms in total. The fourth-order valence-corrected chi connectivity index (χ4v) is 2.94. The molecule has 0 saturated carbocycles. The summed E-state index contributed by atoms with van der Waals surface area (Å²) in [6, 6.07) is 21.0. The molecule has 4 atom stereocenters. The molecular formula is C20H23NO. The predicted molar refractivity (Wildman–Crippen MR) is 90.5 cm³/mol. The highest BCUT2D eigenvalue weighted by molar-refractivity contribution is 5.49. The number of likely N-dealkylation sites (N-methyl/N-ethyl adjacent to an activating group) is 1. The van der Waals surface area contributed by atoms with Crippen LogP contribution in [0.1, 0.15) is 24.2 Å². The summed E-state index contributed by atoms with van der Waals surface area (Å²) in [6.07, 6.45) is 4.28. The van der Waals surface area contributed by atoms with Gasteiger partial charge in [0, 0.05) is 13.1 Å². The number of quaternary nitrogens is 1. The van der Waals surface area contributed by atoms with E-state index in [-0.39, 0.29) is 12.3 Å². The van der Waals surface area contributed by atoms with Gasteiger partial charge >= 0.3 is 0 Å². The van der Waals surface area contributed by atoms with E-state index in [1.54, 1.807) is 0 Å². The zero-order chi connectivity index (χ0) is 15.6. The molecule has 1 fully saturated rings. The molecule has 0 amide bonds. The van der Waals surface area contributed by atoms with Crippen LogP contribution in [0.2, 0.25) is 0 Å². The van der Waals surface area contributed by atoms with Crippen molar-refractivity contribution in [3.05, 3.63) is 84.9 Å². The maximum absolute atomic E-state index is 6.32. The molecule has 0 bridgehead atoms. The second-order valence-corrected chi connectivity index (χ2v) is 6.22. The third-order valence-electron chi connectivity index (χ3n) is 4.62. The fourth-order valence-electron chi connectivity index (χ4n) is 2.94. The van der Waals surface area contributed by atoms with Gasteiger partial charge in [0.2, 0.25) is 0 Å². The summed E-state index contributed by atoms with van der Waals surface area (Å²) in [4.78, 5) is 0. The third-order valence-corrected chi connectivity index (χ3v) is 4.62. The molecular weight excluding hydrogens is 270 g/mol. The Kier molecular flexibility index (Phi) is 4.14. The van der Waals surface area contributed by atoms with Crippen molar-refractivity contribution in [1.29, 1.82) is 0 Å². The molecule has 1 unspecified atom stereocenters. The van der Waals surface area contributed by atoms with Gasteiger partial charge < -0.3 is 9.22 Å².